The van der Waals surface area contributed by atoms with Gasteiger partial charge in [-0.15, -0.1) is 0 Å². The van der Waals surface area contributed by atoms with Crippen molar-refractivity contribution in [1.29, 1.82) is 0 Å². The van der Waals surface area contributed by atoms with Crippen molar-refractivity contribution < 1.29 is 5.11 Å². The van der Waals surface area contributed by atoms with Crippen LogP contribution in [-0.4, -0.2) is 23.8 Å². The van der Waals surface area contributed by atoms with E-state index in [2.05, 4.69) is 33.4 Å². The first-order chi connectivity index (χ1) is 14.2. The van der Waals surface area contributed by atoms with Crippen molar-refractivity contribution in [3.05, 3.63) is 0 Å². The van der Waals surface area contributed by atoms with E-state index in [9.17, 15) is 5.11 Å². The van der Waals surface area contributed by atoms with Crippen LogP contribution in [0, 0.1) is 40.4 Å². The molecule has 0 aromatic carbocycles. The van der Waals surface area contributed by atoms with Gasteiger partial charge in [0.1, 0.15) is 0 Å². The fraction of sp³-hybridized carbons (Fsp3) is 1.00. The highest BCUT2D eigenvalue weighted by molar-refractivity contribution is 5.19. The lowest BCUT2D eigenvalue weighted by molar-refractivity contribution is -0.169. The molecule has 0 amide bonds. The fourth-order valence-electron chi connectivity index (χ4n) is 9.14. The molecular weight excluding hydrogens is 368 g/mol. The van der Waals surface area contributed by atoms with Gasteiger partial charge in [-0.2, -0.15) is 0 Å². The maximum atomic E-state index is 11.2. The molecule has 0 aliphatic heterocycles. The van der Waals surface area contributed by atoms with Gasteiger partial charge in [0.05, 0.1) is 6.10 Å². The Hall–Kier alpha value is -0.120. The number of unbranched alkanes of at least 4 members (excludes halogenated alkanes) is 1. The molecule has 3 heteroatoms. The summed E-state index contributed by atoms with van der Waals surface area (Å²) in [5.41, 5.74) is 12.5. The van der Waals surface area contributed by atoms with Crippen LogP contribution in [0.3, 0.4) is 0 Å². The molecule has 0 aromatic heterocycles. The molecule has 0 saturated heterocycles. The second-order valence-corrected chi connectivity index (χ2v) is 12.3. The Kier molecular flexibility index (Phi) is 7.68. The zero-order chi connectivity index (χ0) is 22.2. The van der Waals surface area contributed by atoms with Crippen molar-refractivity contribution >= 4 is 0 Å². The van der Waals surface area contributed by atoms with Crippen molar-refractivity contribution in [1.82, 2.24) is 0 Å². The zero-order valence-electron chi connectivity index (χ0n) is 20.8. The van der Waals surface area contributed by atoms with Gasteiger partial charge in [0.15, 0.2) is 0 Å². The molecule has 4 aliphatic rings. The van der Waals surface area contributed by atoms with Crippen LogP contribution >= 0.6 is 0 Å². The maximum absolute atomic E-state index is 11.2. The van der Waals surface area contributed by atoms with Crippen LogP contribution in [0.5, 0.6) is 0 Å². The lowest BCUT2D eigenvalue weighted by atomic mass is 9.41. The third kappa shape index (κ3) is 4.01. The zero-order valence-corrected chi connectivity index (χ0v) is 20.8. The molecule has 0 aromatic rings. The first-order valence-corrected chi connectivity index (χ1v) is 13.3. The Morgan fingerprint density at radius 1 is 0.900 bits per heavy atom. The van der Waals surface area contributed by atoms with Crippen LogP contribution in [0.4, 0.5) is 0 Å². The summed E-state index contributed by atoms with van der Waals surface area (Å²) < 4.78 is 0. The second-order valence-electron chi connectivity index (χ2n) is 12.3. The van der Waals surface area contributed by atoms with Crippen molar-refractivity contribution in [3.8, 4) is 0 Å². The standard InChI is InChI=1S/C26H47NO.CH5N/c1-18(2)9-5-6-10-19-12-13-22-24(19,3)16-14-23-25(4)15-8-7-11-20(25)21(28)17-26(22,23)27;1-2/h18-23,28H,5-17,27H2,1-4H3;2H2,1H3. The predicted molar refractivity (Wildman–Crippen MR) is 128 cm³/mol. The number of nitrogens with two attached hydrogens (primary N) is 2. The van der Waals surface area contributed by atoms with Crippen molar-refractivity contribution in [2.24, 2.45) is 51.9 Å². The predicted octanol–water partition coefficient (Wildman–Crippen LogP) is 5.88. The van der Waals surface area contributed by atoms with Crippen LogP contribution in [0.25, 0.3) is 0 Å². The molecule has 5 N–H and O–H groups in total. The van der Waals surface area contributed by atoms with E-state index in [4.69, 9.17) is 5.73 Å². The summed E-state index contributed by atoms with van der Waals surface area (Å²) in [4.78, 5) is 0. The van der Waals surface area contributed by atoms with Gasteiger partial charge in [0.25, 0.3) is 0 Å². The summed E-state index contributed by atoms with van der Waals surface area (Å²) in [5, 5.41) is 11.2. The van der Waals surface area contributed by atoms with Crippen molar-refractivity contribution in [2.75, 3.05) is 7.05 Å². The highest BCUT2D eigenvalue weighted by Crippen LogP contribution is 2.68. The summed E-state index contributed by atoms with van der Waals surface area (Å²) in [6, 6.07) is 0. The van der Waals surface area contributed by atoms with E-state index in [1.807, 2.05) is 0 Å². The first-order valence-electron chi connectivity index (χ1n) is 13.3. The van der Waals surface area contributed by atoms with Gasteiger partial charge in [0, 0.05) is 5.54 Å². The number of hydrogen-bond donors (Lipinski definition) is 3. The molecule has 176 valence electrons. The Morgan fingerprint density at radius 3 is 2.30 bits per heavy atom. The minimum Gasteiger partial charge on any atom is -0.393 e. The number of aliphatic hydroxyl groups excluding tert-OH is 1. The van der Waals surface area contributed by atoms with E-state index >= 15 is 0 Å². The van der Waals surface area contributed by atoms with Crippen LogP contribution in [-0.2, 0) is 0 Å². The Bertz CT molecular complexity index is 565. The molecule has 8 unspecified atom stereocenters. The lowest BCUT2D eigenvalue weighted by Crippen LogP contribution is -2.70. The minimum atomic E-state index is -0.168. The lowest BCUT2D eigenvalue weighted by Gasteiger charge is -2.66. The van der Waals surface area contributed by atoms with Gasteiger partial charge in [-0.3, -0.25) is 0 Å². The van der Waals surface area contributed by atoms with E-state index in [0.29, 0.717) is 23.2 Å². The van der Waals surface area contributed by atoms with Gasteiger partial charge < -0.3 is 16.6 Å². The highest BCUT2D eigenvalue weighted by Gasteiger charge is 2.66. The molecule has 3 nitrogen and oxygen atoms in total. The molecule has 8 atom stereocenters. The van der Waals surface area contributed by atoms with E-state index < -0.39 is 0 Å². The normalized spacial score (nSPS) is 47.7. The SMILES string of the molecule is CC(C)CCCCC1CCC2C1(C)CCC1C3(C)CCCCC3C(O)CC21N.CN. The minimum absolute atomic E-state index is 0.123. The van der Waals surface area contributed by atoms with Crippen LogP contribution in [0.1, 0.15) is 111 Å². The first kappa shape index (κ1) is 24.5. The van der Waals surface area contributed by atoms with Crippen LogP contribution in [0.15, 0.2) is 0 Å². The molecule has 4 saturated carbocycles. The molecule has 4 fully saturated rings. The molecule has 0 heterocycles. The summed E-state index contributed by atoms with van der Waals surface area (Å²) in [6.07, 6.45) is 16.8. The summed E-state index contributed by atoms with van der Waals surface area (Å²) in [6.45, 7) is 9.79. The van der Waals surface area contributed by atoms with E-state index in [-0.39, 0.29) is 17.1 Å². The number of aliphatic hydroxyl groups is 1. The quantitative estimate of drug-likeness (QED) is 0.486. The summed E-state index contributed by atoms with van der Waals surface area (Å²) >= 11 is 0. The summed E-state index contributed by atoms with van der Waals surface area (Å²) in [7, 11) is 1.50. The molecule has 4 rings (SSSR count). The highest BCUT2D eigenvalue weighted by atomic mass is 16.3. The third-order valence-corrected chi connectivity index (χ3v) is 10.5. The topological polar surface area (TPSA) is 72.3 Å². The van der Waals surface area contributed by atoms with Crippen LogP contribution in [0.2, 0.25) is 0 Å². The van der Waals surface area contributed by atoms with E-state index in [0.717, 1.165) is 18.3 Å². The molecule has 0 bridgehead atoms. The second kappa shape index (κ2) is 9.40. The maximum Gasteiger partial charge on any atom is 0.0591 e. The Morgan fingerprint density at radius 2 is 1.60 bits per heavy atom. The monoisotopic (exact) mass is 420 g/mol. The van der Waals surface area contributed by atoms with Crippen LogP contribution < -0.4 is 11.5 Å². The average molecular weight is 421 g/mol. The fourth-order valence-corrected chi connectivity index (χ4v) is 9.14. The molecule has 0 spiro atoms. The third-order valence-electron chi connectivity index (χ3n) is 10.5. The van der Waals surface area contributed by atoms with Gasteiger partial charge >= 0.3 is 0 Å². The molecule has 0 radical (unpaired) electrons. The average Bonchev–Trinajstić information content (AvgIpc) is 3.04. The smallest absolute Gasteiger partial charge is 0.0591 e. The Balaban J connectivity index is 0.00000124. The number of hydrogen-bond acceptors (Lipinski definition) is 3. The van der Waals surface area contributed by atoms with E-state index in [1.54, 1.807) is 0 Å². The number of rotatable bonds is 5. The molecule has 30 heavy (non-hydrogen) atoms. The van der Waals surface area contributed by atoms with Gasteiger partial charge in [-0.25, -0.2) is 0 Å². The van der Waals surface area contributed by atoms with Gasteiger partial charge in [-0.05, 0) is 98.8 Å². The Labute approximate surface area is 187 Å². The summed E-state index contributed by atoms with van der Waals surface area (Å²) in [5.74, 6) is 3.46. The molecular formula is C27H52N2O. The van der Waals surface area contributed by atoms with Crippen molar-refractivity contribution in [3.63, 3.8) is 0 Å². The largest absolute Gasteiger partial charge is 0.393 e. The van der Waals surface area contributed by atoms with Crippen molar-refractivity contribution in [2.45, 2.75) is 123 Å². The number of fused-ring (bicyclic) bond motifs is 5. The van der Waals surface area contributed by atoms with E-state index in [1.165, 1.54) is 84.1 Å². The molecule has 4 aliphatic carbocycles. The van der Waals surface area contributed by atoms with Gasteiger partial charge in [-0.1, -0.05) is 59.8 Å². The van der Waals surface area contributed by atoms with Gasteiger partial charge in [0.2, 0.25) is 0 Å².